The molecule has 0 amide bonds. The van der Waals surface area contributed by atoms with Gasteiger partial charge in [-0.25, -0.2) is 14.8 Å². The molecule has 25 heavy (non-hydrogen) atoms. The van der Waals surface area contributed by atoms with E-state index in [-0.39, 0.29) is 28.1 Å². The van der Waals surface area contributed by atoms with Crippen molar-refractivity contribution in [1.29, 1.82) is 0 Å². The molecule has 1 saturated carbocycles. The van der Waals surface area contributed by atoms with Crippen molar-refractivity contribution in [3.63, 3.8) is 0 Å². The van der Waals surface area contributed by atoms with Crippen LogP contribution in [0.2, 0.25) is 5.02 Å². The fraction of sp³-hybridized carbons (Fsp3) is 0.312. The Balaban J connectivity index is 2.14. The van der Waals surface area contributed by atoms with E-state index in [1.54, 1.807) is 25.2 Å². The highest BCUT2D eigenvalue weighted by atomic mass is 35.5. The van der Waals surface area contributed by atoms with Gasteiger partial charge >= 0.3 is 5.97 Å². The fourth-order valence-electron chi connectivity index (χ4n) is 2.45. The average Bonchev–Trinajstić information content (AvgIpc) is 3.45. The van der Waals surface area contributed by atoms with Gasteiger partial charge in [0.2, 0.25) is 0 Å². The molecule has 0 aliphatic heterocycles. The maximum atomic E-state index is 12.0. The van der Waals surface area contributed by atoms with Gasteiger partial charge in [-0.15, -0.1) is 0 Å². The van der Waals surface area contributed by atoms with Gasteiger partial charge in [0.1, 0.15) is 16.5 Å². The van der Waals surface area contributed by atoms with Crippen LogP contribution in [0.1, 0.15) is 35.1 Å². The highest BCUT2D eigenvalue weighted by Gasteiger charge is 2.32. The first-order valence-electron chi connectivity index (χ1n) is 7.57. The molecule has 2 aromatic rings. The Morgan fingerprint density at radius 1 is 1.36 bits per heavy atom. The topological polar surface area (TPSA) is 98.5 Å². The van der Waals surface area contributed by atoms with Gasteiger partial charge in [0, 0.05) is 19.0 Å². The smallest absolute Gasteiger partial charge is 0.358 e. The van der Waals surface area contributed by atoms with Crippen molar-refractivity contribution >= 4 is 34.8 Å². The number of para-hydroxylation sites is 2. The first-order valence-corrected chi connectivity index (χ1v) is 7.94. The lowest BCUT2D eigenvalue weighted by Gasteiger charge is -2.20. The number of hydrogen-bond donors (Lipinski definition) is 0. The summed E-state index contributed by atoms with van der Waals surface area (Å²) in [6.07, 6.45) is 1.85. The Labute approximate surface area is 148 Å². The number of nitrogens with zero attached hydrogens (tertiary/aromatic N) is 4. The zero-order chi connectivity index (χ0) is 18.1. The van der Waals surface area contributed by atoms with Crippen LogP contribution in [0.4, 0.5) is 17.2 Å². The SMILES string of the molecule is COC(=O)c1nc(C2CC2)nc(N(C)c2ccccc2[N+](=O)[O-])c1Cl. The second kappa shape index (κ2) is 6.64. The summed E-state index contributed by atoms with van der Waals surface area (Å²) in [5, 5.41) is 11.3. The minimum absolute atomic E-state index is 0.00287. The molecule has 1 fully saturated rings. The molecule has 1 aromatic heterocycles. The number of carbonyl (C=O) groups is 1. The van der Waals surface area contributed by atoms with Crippen molar-refractivity contribution in [2.45, 2.75) is 18.8 Å². The molecule has 0 atom stereocenters. The summed E-state index contributed by atoms with van der Waals surface area (Å²) in [5.41, 5.74) is 0.180. The number of carbonyl (C=O) groups excluding carboxylic acids is 1. The molecule has 130 valence electrons. The predicted molar refractivity (Wildman–Crippen MR) is 91.5 cm³/mol. The number of benzene rings is 1. The van der Waals surface area contributed by atoms with Crippen LogP contribution in [0.15, 0.2) is 24.3 Å². The van der Waals surface area contributed by atoms with Crippen LogP contribution >= 0.6 is 11.6 Å². The van der Waals surface area contributed by atoms with Gasteiger partial charge in [-0.1, -0.05) is 23.7 Å². The van der Waals surface area contributed by atoms with Crippen molar-refractivity contribution in [1.82, 2.24) is 9.97 Å². The quantitative estimate of drug-likeness (QED) is 0.456. The number of halogens is 1. The third-order valence-electron chi connectivity index (χ3n) is 3.93. The number of methoxy groups -OCH3 is 1. The number of hydrogen-bond acceptors (Lipinski definition) is 7. The van der Waals surface area contributed by atoms with Gasteiger partial charge in [0.15, 0.2) is 11.5 Å². The molecule has 9 heteroatoms. The third kappa shape index (κ3) is 3.25. The molecule has 1 aromatic carbocycles. The first-order chi connectivity index (χ1) is 11.9. The van der Waals surface area contributed by atoms with E-state index in [0.29, 0.717) is 11.5 Å². The van der Waals surface area contributed by atoms with Gasteiger partial charge in [0.25, 0.3) is 5.69 Å². The van der Waals surface area contributed by atoms with Crippen LogP contribution < -0.4 is 4.90 Å². The lowest BCUT2D eigenvalue weighted by Crippen LogP contribution is -2.18. The van der Waals surface area contributed by atoms with E-state index in [1.807, 2.05) is 0 Å². The largest absolute Gasteiger partial charge is 0.464 e. The summed E-state index contributed by atoms with van der Waals surface area (Å²) in [5.74, 6) is 0.212. The van der Waals surface area contributed by atoms with Crippen molar-refractivity contribution in [2.24, 2.45) is 0 Å². The summed E-state index contributed by atoms with van der Waals surface area (Å²) in [6.45, 7) is 0. The zero-order valence-electron chi connectivity index (χ0n) is 13.6. The van der Waals surface area contributed by atoms with Crippen LogP contribution in [-0.4, -0.2) is 35.0 Å². The Bertz CT molecular complexity index is 854. The van der Waals surface area contributed by atoms with Crippen molar-refractivity contribution < 1.29 is 14.5 Å². The molecule has 3 rings (SSSR count). The summed E-state index contributed by atoms with van der Waals surface area (Å²) >= 11 is 6.32. The summed E-state index contributed by atoms with van der Waals surface area (Å²) in [6, 6.07) is 6.23. The van der Waals surface area contributed by atoms with E-state index in [0.717, 1.165) is 12.8 Å². The van der Waals surface area contributed by atoms with Gasteiger partial charge in [-0.2, -0.15) is 0 Å². The highest BCUT2D eigenvalue weighted by Crippen LogP contribution is 2.42. The predicted octanol–water partition coefficient (Wildman–Crippen LogP) is 3.47. The van der Waals surface area contributed by atoms with Gasteiger partial charge in [-0.05, 0) is 18.9 Å². The van der Waals surface area contributed by atoms with Gasteiger partial charge < -0.3 is 9.64 Å². The Morgan fingerprint density at radius 2 is 2.04 bits per heavy atom. The van der Waals surface area contributed by atoms with E-state index in [9.17, 15) is 14.9 Å². The molecule has 1 heterocycles. The van der Waals surface area contributed by atoms with Gasteiger partial charge in [-0.3, -0.25) is 10.1 Å². The third-order valence-corrected chi connectivity index (χ3v) is 4.28. The maximum absolute atomic E-state index is 12.0. The first kappa shape index (κ1) is 17.1. The van der Waals surface area contributed by atoms with E-state index < -0.39 is 10.9 Å². The van der Waals surface area contributed by atoms with Crippen LogP contribution in [0.3, 0.4) is 0 Å². The molecule has 0 saturated heterocycles. The van der Waals surface area contributed by atoms with Gasteiger partial charge in [0.05, 0.1) is 12.0 Å². The molecule has 0 unspecified atom stereocenters. The maximum Gasteiger partial charge on any atom is 0.358 e. The number of ether oxygens (including phenoxy) is 1. The van der Waals surface area contributed by atoms with Crippen LogP contribution in [-0.2, 0) is 4.74 Å². The summed E-state index contributed by atoms with van der Waals surface area (Å²) in [7, 11) is 2.84. The lowest BCUT2D eigenvalue weighted by molar-refractivity contribution is -0.384. The summed E-state index contributed by atoms with van der Waals surface area (Å²) < 4.78 is 4.73. The standard InChI is InChI=1S/C16H15ClN4O4/c1-20(10-5-3-4-6-11(10)21(23)24)15-12(17)13(16(22)25-2)18-14(19-15)9-7-8-9/h3-6,9H,7-8H2,1-2H3. The van der Waals surface area contributed by atoms with E-state index in [2.05, 4.69) is 9.97 Å². The number of anilines is 2. The van der Waals surface area contributed by atoms with E-state index >= 15 is 0 Å². The minimum Gasteiger partial charge on any atom is -0.464 e. The molecule has 8 nitrogen and oxygen atoms in total. The van der Waals surface area contributed by atoms with E-state index in [1.165, 1.54) is 18.1 Å². The van der Waals surface area contributed by atoms with Crippen molar-refractivity contribution in [2.75, 3.05) is 19.1 Å². The molecular formula is C16H15ClN4O4. The number of aromatic nitrogens is 2. The number of nitro groups is 1. The van der Waals surface area contributed by atoms with Crippen molar-refractivity contribution in [3.05, 3.63) is 50.9 Å². The molecule has 0 N–H and O–H groups in total. The zero-order valence-corrected chi connectivity index (χ0v) is 14.4. The molecule has 0 bridgehead atoms. The van der Waals surface area contributed by atoms with E-state index in [4.69, 9.17) is 16.3 Å². The van der Waals surface area contributed by atoms with Crippen molar-refractivity contribution in [3.8, 4) is 0 Å². The second-order valence-corrected chi connectivity index (χ2v) is 6.02. The molecule has 1 aliphatic rings. The molecule has 0 spiro atoms. The number of rotatable bonds is 5. The monoisotopic (exact) mass is 362 g/mol. The normalized spacial score (nSPS) is 13.4. The average molecular weight is 363 g/mol. The van der Waals surface area contributed by atoms with Crippen LogP contribution in [0.25, 0.3) is 0 Å². The van der Waals surface area contributed by atoms with Crippen LogP contribution in [0.5, 0.6) is 0 Å². The molecule has 0 radical (unpaired) electrons. The molecular weight excluding hydrogens is 348 g/mol. The molecule has 1 aliphatic carbocycles. The number of nitro benzene ring substituents is 1. The minimum atomic E-state index is -0.675. The number of esters is 1. The Hall–Kier alpha value is -2.74. The Kier molecular flexibility index (Phi) is 4.54. The second-order valence-electron chi connectivity index (χ2n) is 5.64. The van der Waals surface area contributed by atoms with Crippen LogP contribution in [0, 0.1) is 10.1 Å². The Morgan fingerprint density at radius 3 is 2.64 bits per heavy atom. The highest BCUT2D eigenvalue weighted by molar-refractivity contribution is 6.35. The lowest BCUT2D eigenvalue weighted by atomic mass is 10.2. The fourth-order valence-corrected chi connectivity index (χ4v) is 2.74. The summed E-state index contributed by atoms with van der Waals surface area (Å²) in [4.78, 5) is 32.9.